The van der Waals surface area contributed by atoms with Crippen LogP contribution in [0, 0.1) is 5.41 Å². The van der Waals surface area contributed by atoms with Crippen LogP contribution >= 0.6 is 0 Å². The van der Waals surface area contributed by atoms with Gasteiger partial charge in [0.25, 0.3) is 0 Å². The first-order valence-electron chi connectivity index (χ1n) is 6.81. The predicted molar refractivity (Wildman–Crippen MR) is 70.5 cm³/mol. The van der Waals surface area contributed by atoms with Crippen LogP contribution in [0.15, 0.2) is 24.3 Å². The van der Waals surface area contributed by atoms with Crippen molar-refractivity contribution in [3.8, 4) is 0 Å². The summed E-state index contributed by atoms with van der Waals surface area (Å²) in [5.41, 5.74) is 9.21. The van der Waals surface area contributed by atoms with Gasteiger partial charge in [0.2, 0.25) is 0 Å². The third-order valence-electron chi connectivity index (χ3n) is 4.51. The van der Waals surface area contributed by atoms with Gasteiger partial charge in [-0.25, -0.2) is 0 Å². The molecule has 1 aliphatic heterocycles. The van der Waals surface area contributed by atoms with E-state index in [4.69, 9.17) is 5.73 Å². The van der Waals surface area contributed by atoms with Crippen molar-refractivity contribution in [2.24, 2.45) is 11.1 Å². The fourth-order valence-corrected chi connectivity index (χ4v) is 3.61. The summed E-state index contributed by atoms with van der Waals surface area (Å²) >= 11 is 0. The van der Waals surface area contributed by atoms with Crippen LogP contribution in [0.1, 0.15) is 36.8 Å². The van der Waals surface area contributed by atoms with Crippen molar-refractivity contribution in [1.82, 2.24) is 4.90 Å². The molecule has 1 aromatic carbocycles. The van der Waals surface area contributed by atoms with Gasteiger partial charge in [0.1, 0.15) is 0 Å². The summed E-state index contributed by atoms with van der Waals surface area (Å²) in [6.45, 7) is 4.38. The molecule has 1 spiro atoms. The van der Waals surface area contributed by atoms with Crippen molar-refractivity contribution < 1.29 is 0 Å². The molecule has 17 heavy (non-hydrogen) atoms. The molecule has 2 fully saturated rings. The highest BCUT2D eigenvalue weighted by Crippen LogP contribution is 2.45. The van der Waals surface area contributed by atoms with Crippen molar-refractivity contribution >= 4 is 0 Å². The van der Waals surface area contributed by atoms with E-state index in [2.05, 4.69) is 29.2 Å². The van der Waals surface area contributed by atoms with Gasteiger partial charge in [0.05, 0.1) is 0 Å². The van der Waals surface area contributed by atoms with Gasteiger partial charge in [-0.3, -0.25) is 4.90 Å². The summed E-state index contributed by atoms with van der Waals surface area (Å²) in [6.07, 6.45) is 5.82. The Labute approximate surface area is 104 Å². The first-order valence-corrected chi connectivity index (χ1v) is 6.81. The molecule has 0 aromatic heterocycles. The van der Waals surface area contributed by atoms with Gasteiger partial charge in [0, 0.05) is 26.2 Å². The van der Waals surface area contributed by atoms with Gasteiger partial charge < -0.3 is 5.73 Å². The second kappa shape index (κ2) is 4.43. The molecule has 1 aliphatic carbocycles. The molecule has 0 radical (unpaired) electrons. The van der Waals surface area contributed by atoms with Crippen molar-refractivity contribution in [2.45, 2.75) is 38.8 Å². The van der Waals surface area contributed by atoms with E-state index in [1.165, 1.54) is 49.9 Å². The van der Waals surface area contributed by atoms with Gasteiger partial charge in [-0.05, 0) is 29.4 Å². The molecule has 0 atom stereocenters. The second-order valence-corrected chi connectivity index (χ2v) is 5.83. The molecule has 2 N–H and O–H groups in total. The largest absolute Gasteiger partial charge is 0.326 e. The van der Waals surface area contributed by atoms with Crippen LogP contribution in [0.5, 0.6) is 0 Å². The van der Waals surface area contributed by atoms with Crippen molar-refractivity contribution in [3.63, 3.8) is 0 Å². The van der Waals surface area contributed by atoms with Crippen LogP contribution < -0.4 is 5.73 Å². The zero-order valence-corrected chi connectivity index (χ0v) is 10.5. The monoisotopic (exact) mass is 230 g/mol. The standard InChI is InChI=1S/C15H22N2/c16-9-13-5-1-2-6-14(13)10-17-11-15(12-17)7-3-4-8-15/h1-2,5-6H,3-4,7-12,16H2. The second-order valence-electron chi connectivity index (χ2n) is 5.83. The summed E-state index contributed by atoms with van der Waals surface area (Å²) in [6, 6.07) is 8.59. The van der Waals surface area contributed by atoms with E-state index in [0.29, 0.717) is 12.0 Å². The zero-order chi connectivity index (χ0) is 11.7. The minimum atomic E-state index is 0.662. The third kappa shape index (κ3) is 2.12. The molecule has 1 saturated carbocycles. The maximum atomic E-state index is 5.78. The molecule has 3 rings (SSSR count). The fourth-order valence-electron chi connectivity index (χ4n) is 3.61. The maximum absolute atomic E-state index is 5.78. The van der Waals surface area contributed by atoms with Gasteiger partial charge in [-0.2, -0.15) is 0 Å². The Balaban J connectivity index is 1.61. The SMILES string of the molecule is NCc1ccccc1CN1CC2(CCCC2)C1. The number of nitrogens with zero attached hydrogens (tertiary/aromatic N) is 1. The summed E-state index contributed by atoms with van der Waals surface area (Å²) in [4.78, 5) is 2.58. The first kappa shape index (κ1) is 11.2. The number of likely N-dealkylation sites (tertiary alicyclic amines) is 1. The molecule has 2 aliphatic rings. The lowest BCUT2D eigenvalue weighted by Crippen LogP contribution is -2.54. The van der Waals surface area contributed by atoms with Crippen molar-refractivity contribution in [1.29, 1.82) is 0 Å². The fraction of sp³-hybridized carbons (Fsp3) is 0.600. The van der Waals surface area contributed by atoms with E-state index in [-0.39, 0.29) is 0 Å². The molecule has 2 heteroatoms. The lowest BCUT2D eigenvalue weighted by atomic mass is 9.78. The van der Waals surface area contributed by atoms with Crippen LogP contribution in [0.4, 0.5) is 0 Å². The lowest BCUT2D eigenvalue weighted by molar-refractivity contribution is -0.000417. The highest BCUT2D eigenvalue weighted by atomic mass is 15.2. The highest BCUT2D eigenvalue weighted by Gasteiger charge is 2.44. The quantitative estimate of drug-likeness (QED) is 0.864. The van der Waals surface area contributed by atoms with E-state index in [9.17, 15) is 0 Å². The van der Waals surface area contributed by atoms with Crippen molar-refractivity contribution in [2.75, 3.05) is 13.1 Å². The molecule has 0 amide bonds. The predicted octanol–water partition coefficient (Wildman–Crippen LogP) is 2.52. The van der Waals surface area contributed by atoms with E-state index in [1.54, 1.807) is 0 Å². The Kier molecular flexibility index (Phi) is 2.93. The number of nitrogens with two attached hydrogens (primary N) is 1. The van der Waals surface area contributed by atoms with Crippen LogP contribution in [0.2, 0.25) is 0 Å². The molecular formula is C15H22N2. The van der Waals surface area contributed by atoms with Crippen LogP contribution in [0.3, 0.4) is 0 Å². The minimum absolute atomic E-state index is 0.662. The van der Waals surface area contributed by atoms with Gasteiger partial charge in [-0.1, -0.05) is 37.1 Å². The molecule has 0 unspecified atom stereocenters. The number of hydrogen-bond acceptors (Lipinski definition) is 2. The normalized spacial score (nSPS) is 22.9. The van der Waals surface area contributed by atoms with Gasteiger partial charge in [0.15, 0.2) is 0 Å². The van der Waals surface area contributed by atoms with Crippen molar-refractivity contribution in [3.05, 3.63) is 35.4 Å². The minimum Gasteiger partial charge on any atom is -0.326 e. The van der Waals surface area contributed by atoms with E-state index < -0.39 is 0 Å². The average Bonchev–Trinajstić information content (AvgIpc) is 2.78. The molecule has 1 saturated heterocycles. The number of benzene rings is 1. The number of rotatable bonds is 3. The first-order chi connectivity index (χ1) is 8.31. The Bertz CT molecular complexity index is 386. The summed E-state index contributed by atoms with van der Waals surface area (Å²) < 4.78 is 0. The van der Waals surface area contributed by atoms with Gasteiger partial charge >= 0.3 is 0 Å². The average molecular weight is 230 g/mol. The van der Waals surface area contributed by atoms with E-state index in [1.807, 2.05) is 0 Å². The Morgan fingerprint density at radius 1 is 1.06 bits per heavy atom. The molecule has 92 valence electrons. The summed E-state index contributed by atoms with van der Waals surface area (Å²) in [5.74, 6) is 0. The lowest BCUT2D eigenvalue weighted by Gasteiger charge is -2.48. The topological polar surface area (TPSA) is 29.3 Å². The number of hydrogen-bond donors (Lipinski definition) is 1. The van der Waals surface area contributed by atoms with E-state index >= 15 is 0 Å². The van der Waals surface area contributed by atoms with Crippen LogP contribution in [0.25, 0.3) is 0 Å². The maximum Gasteiger partial charge on any atom is 0.0237 e. The Hall–Kier alpha value is -0.860. The Morgan fingerprint density at radius 3 is 2.35 bits per heavy atom. The smallest absolute Gasteiger partial charge is 0.0237 e. The third-order valence-corrected chi connectivity index (χ3v) is 4.51. The highest BCUT2D eigenvalue weighted by molar-refractivity contribution is 5.27. The zero-order valence-electron chi connectivity index (χ0n) is 10.5. The molecule has 1 heterocycles. The van der Waals surface area contributed by atoms with E-state index in [0.717, 1.165) is 6.54 Å². The molecule has 0 bridgehead atoms. The summed E-state index contributed by atoms with van der Waals surface area (Å²) in [5, 5.41) is 0. The van der Waals surface area contributed by atoms with Crippen LogP contribution in [-0.4, -0.2) is 18.0 Å². The molecule has 2 nitrogen and oxygen atoms in total. The Morgan fingerprint density at radius 2 is 1.71 bits per heavy atom. The summed E-state index contributed by atoms with van der Waals surface area (Å²) in [7, 11) is 0. The van der Waals surface area contributed by atoms with Crippen LogP contribution in [-0.2, 0) is 13.1 Å². The van der Waals surface area contributed by atoms with Gasteiger partial charge in [-0.15, -0.1) is 0 Å². The molecule has 1 aromatic rings. The molecular weight excluding hydrogens is 208 g/mol.